The van der Waals surface area contributed by atoms with E-state index in [1.54, 1.807) is 10.8 Å². The van der Waals surface area contributed by atoms with Crippen LogP contribution in [0, 0.1) is 0 Å². The zero-order valence-electron chi connectivity index (χ0n) is 11.4. The van der Waals surface area contributed by atoms with E-state index in [0.717, 1.165) is 24.6 Å². The second-order valence-corrected chi connectivity index (χ2v) is 4.72. The highest BCUT2D eigenvalue weighted by atomic mass is 19.4. The van der Waals surface area contributed by atoms with Crippen molar-refractivity contribution in [1.29, 1.82) is 0 Å². The van der Waals surface area contributed by atoms with E-state index in [0.29, 0.717) is 6.54 Å². The van der Waals surface area contributed by atoms with Gasteiger partial charge in [-0.1, -0.05) is 6.92 Å². The Balaban J connectivity index is 2.43. The molecule has 114 valence electrons. The van der Waals surface area contributed by atoms with Gasteiger partial charge in [-0.2, -0.15) is 13.2 Å². The van der Waals surface area contributed by atoms with Gasteiger partial charge in [0.1, 0.15) is 11.9 Å². The monoisotopic (exact) mass is 299 g/mol. The number of imidazole rings is 1. The number of nitrogens with zero attached hydrogens (tertiary/aromatic N) is 2. The molecule has 4 nitrogen and oxygen atoms in total. The molecule has 0 spiro atoms. The fourth-order valence-corrected chi connectivity index (χ4v) is 2.13. The van der Waals surface area contributed by atoms with Crippen LogP contribution in [0.4, 0.5) is 18.9 Å². The molecule has 1 unspecified atom stereocenters. The van der Waals surface area contributed by atoms with Gasteiger partial charge in [-0.25, -0.2) is 4.98 Å². The lowest BCUT2D eigenvalue weighted by molar-refractivity contribution is -0.137. The topological polar surface area (TPSA) is 64.1 Å². The van der Waals surface area contributed by atoms with Crippen LogP contribution >= 0.6 is 0 Å². The van der Waals surface area contributed by atoms with Gasteiger partial charge in [0, 0.05) is 30.2 Å². The third-order valence-corrected chi connectivity index (χ3v) is 3.17. The third kappa shape index (κ3) is 3.18. The molecule has 3 N–H and O–H groups in total. The Morgan fingerprint density at radius 1 is 1.38 bits per heavy atom. The molecule has 1 heterocycles. The standard InChI is InChI=1S/C14H16F3N3O/c1-2-6-20-7-5-19-13(20)12(21)10-8-9(14(15,16)17)3-4-11(10)18/h3-5,7-8,12,21H,2,6,18H2,1H3. The molecule has 0 saturated heterocycles. The number of alkyl halides is 3. The number of nitrogen functional groups attached to an aromatic ring is 1. The van der Waals surface area contributed by atoms with Crippen molar-refractivity contribution in [2.45, 2.75) is 32.2 Å². The summed E-state index contributed by atoms with van der Waals surface area (Å²) in [7, 11) is 0. The normalized spacial score (nSPS) is 13.4. The van der Waals surface area contributed by atoms with Crippen LogP contribution in [-0.2, 0) is 12.7 Å². The van der Waals surface area contributed by atoms with E-state index < -0.39 is 17.8 Å². The Bertz CT molecular complexity index is 622. The maximum Gasteiger partial charge on any atom is 0.416 e. The summed E-state index contributed by atoms with van der Waals surface area (Å²) in [5.74, 6) is 0.280. The summed E-state index contributed by atoms with van der Waals surface area (Å²) in [5, 5.41) is 10.3. The van der Waals surface area contributed by atoms with Crippen molar-refractivity contribution in [2.24, 2.45) is 0 Å². The van der Waals surface area contributed by atoms with E-state index in [1.165, 1.54) is 6.20 Å². The van der Waals surface area contributed by atoms with E-state index in [1.807, 2.05) is 6.92 Å². The molecule has 1 aromatic carbocycles. The van der Waals surface area contributed by atoms with Crippen LogP contribution < -0.4 is 5.73 Å². The molecule has 7 heteroatoms. The molecule has 0 aliphatic carbocycles. The van der Waals surface area contributed by atoms with Gasteiger partial charge in [-0.15, -0.1) is 0 Å². The van der Waals surface area contributed by atoms with E-state index >= 15 is 0 Å². The number of hydrogen-bond acceptors (Lipinski definition) is 3. The minimum absolute atomic E-state index is 0.00776. The molecule has 0 aliphatic heterocycles. The molecule has 0 aliphatic rings. The van der Waals surface area contributed by atoms with Gasteiger partial charge in [0.25, 0.3) is 0 Å². The van der Waals surface area contributed by atoms with Gasteiger partial charge in [-0.05, 0) is 24.6 Å². The van der Waals surface area contributed by atoms with Crippen molar-refractivity contribution >= 4 is 5.69 Å². The molecule has 0 fully saturated rings. The number of aliphatic hydroxyl groups excluding tert-OH is 1. The van der Waals surface area contributed by atoms with Crippen molar-refractivity contribution in [3.63, 3.8) is 0 Å². The lowest BCUT2D eigenvalue weighted by Crippen LogP contribution is -2.13. The van der Waals surface area contributed by atoms with Crippen LogP contribution in [0.1, 0.15) is 36.4 Å². The van der Waals surface area contributed by atoms with Crippen LogP contribution in [0.2, 0.25) is 0 Å². The second-order valence-electron chi connectivity index (χ2n) is 4.72. The Kier molecular flexibility index (Phi) is 4.22. The Morgan fingerprint density at radius 3 is 2.71 bits per heavy atom. The summed E-state index contributed by atoms with van der Waals surface area (Å²) >= 11 is 0. The van der Waals surface area contributed by atoms with E-state index in [4.69, 9.17) is 5.73 Å². The fraction of sp³-hybridized carbons (Fsp3) is 0.357. The van der Waals surface area contributed by atoms with Crippen LogP contribution in [0.15, 0.2) is 30.6 Å². The van der Waals surface area contributed by atoms with E-state index in [-0.39, 0.29) is 17.1 Å². The molecule has 2 aromatic rings. The number of rotatable bonds is 4. The first-order valence-electron chi connectivity index (χ1n) is 6.50. The highest BCUT2D eigenvalue weighted by molar-refractivity contribution is 5.51. The maximum atomic E-state index is 12.8. The Labute approximate surface area is 120 Å². The molecule has 0 bridgehead atoms. The zero-order chi connectivity index (χ0) is 15.6. The van der Waals surface area contributed by atoms with Crippen molar-refractivity contribution in [3.05, 3.63) is 47.5 Å². The van der Waals surface area contributed by atoms with Gasteiger partial charge in [0.2, 0.25) is 0 Å². The quantitative estimate of drug-likeness (QED) is 0.853. The van der Waals surface area contributed by atoms with Crippen molar-refractivity contribution < 1.29 is 18.3 Å². The van der Waals surface area contributed by atoms with Crippen molar-refractivity contribution in [1.82, 2.24) is 9.55 Å². The summed E-state index contributed by atoms with van der Waals surface area (Å²) < 4.78 is 40.0. The third-order valence-electron chi connectivity index (χ3n) is 3.17. The first kappa shape index (κ1) is 15.4. The smallest absolute Gasteiger partial charge is 0.398 e. The minimum Gasteiger partial charge on any atom is -0.398 e. The summed E-state index contributed by atoms with van der Waals surface area (Å²) in [6.07, 6.45) is -1.80. The molecule has 0 amide bonds. The molecule has 2 rings (SSSR count). The van der Waals surface area contributed by atoms with Gasteiger partial charge in [0.05, 0.1) is 5.56 Å². The lowest BCUT2D eigenvalue weighted by Gasteiger charge is -2.17. The predicted octanol–water partition coefficient (Wildman–Crippen LogP) is 2.98. The number of hydrogen-bond donors (Lipinski definition) is 2. The fourth-order valence-electron chi connectivity index (χ4n) is 2.13. The van der Waals surface area contributed by atoms with E-state index in [9.17, 15) is 18.3 Å². The van der Waals surface area contributed by atoms with Crippen LogP contribution in [0.25, 0.3) is 0 Å². The van der Waals surface area contributed by atoms with Crippen LogP contribution in [-0.4, -0.2) is 14.7 Å². The largest absolute Gasteiger partial charge is 0.416 e. The van der Waals surface area contributed by atoms with Gasteiger partial charge < -0.3 is 15.4 Å². The summed E-state index contributed by atoms with van der Waals surface area (Å²) in [6, 6.07) is 2.91. The second kappa shape index (κ2) is 5.77. The number of aliphatic hydroxyl groups is 1. The van der Waals surface area contributed by atoms with Crippen LogP contribution in [0.5, 0.6) is 0 Å². The Morgan fingerprint density at radius 2 is 2.10 bits per heavy atom. The number of anilines is 1. The first-order chi connectivity index (χ1) is 9.84. The zero-order valence-corrected chi connectivity index (χ0v) is 11.4. The summed E-state index contributed by atoms with van der Waals surface area (Å²) in [5.41, 5.74) is 4.96. The minimum atomic E-state index is -4.49. The molecule has 1 atom stereocenters. The molecule has 1 aromatic heterocycles. The average molecular weight is 299 g/mol. The molecule has 0 saturated carbocycles. The van der Waals surface area contributed by atoms with Gasteiger partial charge >= 0.3 is 6.18 Å². The summed E-state index contributed by atoms with van der Waals surface area (Å²) in [6.45, 7) is 2.57. The maximum absolute atomic E-state index is 12.8. The Hall–Kier alpha value is -2.02. The van der Waals surface area contributed by atoms with Crippen molar-refractivity contribution in [2.75, 3.05) is 5.73 Å². The number of benzene rings is 1. The van der Waals surface area contributed by atoms with E-state index in [2.05, 4.69) is 4.98 Å². The number of nitrogens with two attached hydrogens (primary N) is 1. The predicted molar refractivity (Wildman–Crippen MR) is 72.4 cm³/mol. The summed E-state index contributed by atoms with van der Waals surface area (Å²) in [4.78, 5) is 4.02. The van der Waals surface area contributed by atoms with Gasteiger partial charge in [-0.3, -0.25) is 0 Å². The molecular weight excluding hydrogens is 283 g/mol. The van der Waals surface area contributed by atoms with Gasteiger partial charge in [0.15, 0.2) is 0 Å². The van der Waals surface area contributed by atoms with Crippen LogP contribution in [0.3, 0.4) is 0 Å². The first-order valence-corrected chi connectivity index (χ1v) is 6.50. The number of aryl methyl sites for hydroxylation is 1. The van der Waals surface area contributed by atoms with Crippen molar-refractivity contribution in [3.8, 4) is 0 Å². The molecule has 21 heavy (non-hydrogen) atoms. The molecular formula is C14H16F3N3O. The molecule has 0 radical (unpaired) electrons. The number of halogens is 3. The highest BCUT2D eigenvalue weighted by Gasteiger charge is 2.32. The SMILES string of the molecule is CCCn1ccnc1C(O)c1cc(C(F)(F)F)ccc1N. The number of aromatic nitrogens is 2. The highest BCUT2D eigenvalue weighted by Crippen LogP contribution is 2.34. The average Bonchev–Trinajstić information content (AvgIpc) is 2.86. The lowest BCUT2D eigenvalue weighted by atomic mass is 10.0.